The van der Waals surface area contributed by atoms with Crippen LogP contribution in [0.1, 0.15) is 30.4 Å². The van der Waals surface area contributed by atoms with E-state index in [0.29, 0.717) is 19.6 Å². The normalized spacial score (nSPS) is 28.2. The van der Waals surface area contributed by atoms with Crippen LogP contribution in [-0.4, -0.2) is 41.1 Å². The highest BCUT2D eigenvalue weighted by molar-refractivity contribution is 5.83. The monoisotopic (exact) mass is 289 g/mol. The standard InChI is InChI=1S/C16H19NO4/c1-10-6-12(9-21-10)15(18)17-7-11-4-2-3-5-13(11)14(8-17)16(19)20/h2-5,10,12,14H,6-9H2,1H3,(H,19,20). The minimum atomic E-state index is -0.879. The lowest BCUT2D eigenvalue weighted by molar-refractivity contribution is -0.142. The summed E-state index contributed by atoms with van der Waals surface area (Å²) in [7, 11) is 0. The smallest absolute Gasteiger partial charge is 0.312 e. The molecule has 1 amide bonds. The molecule has 1 N–H and O–H groups in total. The van der Waals surface area contributed by atoms with Gasteiger partial charge in [-0.2, -0.15) is 0 Å². The molecule has 3 atom stereocenters. The third kappa shape index (κ3) is 2.65. The lowest BCUT2D eigenvalue weighted by Gasteiger charge is -2.34. The summed E-state index contributed by atoms with van der Waals surface area (Å²) in [5.74, 6) is -1.64. The Balaban J connectivity index is 1.83. The van der Waals surface area contributed by atoms with E-state index in [-0.39, 0.29) is 24.5 Å². The van der Waals surface area contributed by atoms with E-state index < -0.39 is 11.9 Å². The molecular weight excluding hydrogens is 270 g/mol. The Morgan fingerprint density at radius 1 is 1.33 bits per heavy atom. The van der Waals surface area contributed by atoms with Gasteiger partial charge in [0.1, 0.15) is 0 Å². The number of hydrogen-bond acceptors (Lipinski definition) is 3. The van der Waals surface area contributed by atoms with Gasteiger partial charge < -0.3 is 14.7 Å². The number of ether oxygens (including phenoxy) is 1. The molecule has 5 nitrogen and oxygen atoms in total. The zero-order valence-electron chi connectivity index (χ0n) is 12.0. The van der Waals surface area contributed by atoms with Crippen LogP contribution in [0.15, 0.2) is 24.3 Å². The maximum absolute atomic E-state index is 12.6. The third-order valence-corrected chi connectivity index (χ3v) is 4.35. The van der Waals surface area contributed by atoms with Crippen molar-refractivity contribution in [2.24, 2.45) is 5.92 Å². The Bertz CT molecular complexity index is 571. The number of fused-ring (bicyclic) bond motifs is 1. The molecule has 0 spiro atoms. The lowest BCUT2D eigenvalue weighted by atomic mass is 9.89. The van der Waals surface area contributed by atoms with Crippen molar-refractivity contribution in [2.75, 3.05) is 13.2 Å². The van der Waals surface area contributed by atoms with Gasteiger partial charge in [-0.05, 0) is 24.5 Å². The number of amides is 1. The van der Waals surface area contributed by atoms with Crippen LogP contribution in [0.5, 0.6) is 0 Å². The zero-order chi connectivity index (χ0) is 15.0. The average molecular weight is 289 g/mol. The number of benzene rings is 1. The van der Waals surface area contributed by atoms with Crippen LogP contribution in [0, 0.1) is 5.92 Å². The largest absolute Gasteiger partial charge is 0.481 e. The minimum absolute atomic E-state index is 0.0140. The second-order valence-corrected chi connectivity index (χ2v) is 5.88. The summed E-state index contributed by atoms with van der Waals surface area (Å²) in [5.41, 5.74) is 1.75. The summed E-state index contributed by atoms with van der Waals surface area (Å²) in [6.07, 6.45) is 0.820. The van der Waals surface area contributed by atoms with E-state index in [4.69, 9.17) is 4.74 Å². The molecule has 2 aliphatic rings. The number of carboxylic acids is 1. The van der Waals surface area contributed by atoms with E-state index in [9.17, 15) is 14.7 Å². The number of rotatable bonds is 2. The van der Waals surface area contributed by atoms with Crippen LogP contribution in [0.2, 0.25) is 0 Å². The van der Waals surface area contributed by atoms with E-state index in [1.165, 1.54) is 0 Å². The van der Waals surface area contributed by atoms with Gasteiger partial charge in [-0.3, -0.25) is 9.59 Å². The Hall–Kier alpha value is -1.88. The van der Waals surface area contributed by atoms with E-state index in [1.807, 2.05) is 31.2 Å². The molecule has 2 heterocycles. The summed E-state index contributed by atoms with van der Waals surface area (Å²) >= 11 is 0. The zero-order valence-corrected chi connectivity index (χ0v) is 12.0. The van der Waals surface area contributed by atoms with E-state index in [1.54, 1.807) is 4.90 Å². The van der Waals surface area contributed by atoms with Crippen molar-refractivity contribution in [3.63, 3.8) is 0 Å². The second-order valence-electron chi connectivity index (χ2n) is 5.88. The molecule has 1 aromatic carbocycles. The van der Waals surface area contributed by atoms with Crippen LogP contribution in [-0.2, 0) is 20.9 Å². The predicted octanol–water partition coefficient (Wildman–Crippen LogP) is 1.62. The number of carboxylic acid groups (broad SMARTS) is 1. The van der Waals surface area contributed by atoms with Gasteiger partial charge in [0.25, 0.3) is 0 Å². The molecule has 1 saturated heterocycles. The fourth-order valence-corrected chi connectivity index (χ4v) is 3.23. The van der Waals surface area contributed by atoms with Crippen LogP contribution < -0.4 is 0 Å². The molecule has 5 heteroatoms. The van der Waals surface area contributed by atoms with Crippen LogP contribution in [0.4, 0.5) is 0 Å². The Labute approximate surface area is 123 Å². The molecule has 0 aliphatic carbocycles. The molecule has 0 radical (unpaired) electrons. The first kappa shape index (κ1) is 14.1. The molecule has 0 aromatic heterocycles. The molecule has 3 unspecified atom stereocenters. The Morgan fingerprint density at radius 2 is 2.10 bits per heavy atom. The van der Waals surface area contributed by atoms with Crippen molar-refractivity contribution < 1.29 is 19.4 Å². The summed E-state index contributed by atoms with van der Waals surface area (Å²) in [6, 6.07) is 7.47. The molecule has 2 aliphatic heterocycles. The highest BCUT2D eigenvalue weighted by Crippen LogP contribution is 2.31. The number of aliphatic carboxylic acids is 1. The summed E-state index contributed by atoms with van der Waals surface area (Å²) in [5, 5.41) is 9.43. The number of carbonyl (C=O) groups is 2. The fraction of sp³-hybridized carbons (Fsp3) is 0.500. The molecule has 21 heavy (non-hydrogen) atoms. The van der Waals surface area contributed by atoms with Crippen molar-refractivity contribution in [3.8, 4) is 0 Å². The highest BCUT2D eigenvalue weighted by Gasteiger charge is 2.37. The number of nitrogens with zero attached hydrogens (tertiary/aromatic N) is 1. The highest BCUT2D eigenvalue weighted by atomic mass is 16.5. The van der Waals surface area contributed by atoms with E-state index in [0.717, 1.165) is 11.1 Å². The Kier molecular flexibility index (Phi) is 3.68. The fourth-order valence-electron chi connectivity index (χ4n) is 3.23. The molecule has 3 rings (SSSR count). The first-order valence-corrected chi connectivity index (χ1v) is 7.27. The van der Waals surface area contributed by atoms with Crippen molar-refractivity contribution in [1.82, 2.24) is 4.90 Å². The number of hydrogen-bond donors (Lipinski definition) is 1. The first-order chi connectivity index (χ1) is 10.1. The molecule has 1 aromatic rings. The maximum Gasteiger partial charge on any atom is 0.312 e. The van der Waals surface area contributed by atoms with Crippen molar-refractivity contribution in [2.45, 2.75) is 31.9 Å². The van der Waals surface area contributed by atoms with Crippen molar-refractivity contribution in [3.05, 3.63) is 35.4 Å². The summed E-state index contributed by atoms with van der Waals surface area (Å²) in [4.78, 5) is 25.7. The van der Waals surface area contributed by atoms with Crippen molar-refractivity contribution >= 4 is 11.9 Å². The van der Waals surface area contributed by atoms with Crippen LogP contribution in [0.3, 0.4) is 0 Å². The lowest BCUT2D eigenvalue weighted by Crippen LogP contribution is -2.43. The van der Waals surface area contributed by atoms with Gasteiger partial charge in [-0.15, -0.1) is 0 Å². The third-order valence-electron chi connectivity index (χ3n) is 4.35. The van der Waals surface area contributed by atoms with Gasteiger partial charge in [0.05, 0.1) is 24.5 Å². The molecular formula is C16H19NO4. The number of carbonyl (C=O) groups excluding carboxylic acids is 1. The van der Waals surface area contributed by atoms with Gasteiger partial charge in [0, 0.05) is 13.1 Å². The summed E-state index contributed by atoms with van der Waals surface area (Å²) < 4.78 is 5.46. The van der Waals surface area contributed by atoms with Gasteiger partial charge >= 0.3 is 5.97 Å². The van der Waals surface area contributed by atoms with Gasteiger partial charge in [-0.1, -0.05) is 24.3 Å². The van der Waals surface area contributed by atoms with Crippen molar-refractivity contribution in [1.29, 1.82) is 0 Å². The van der Waals surface area contributed by atoms with Crippen LogP contribution >= 0.6 is 0 Å². The maximum atomic E-state index is 12.6. The molecule has 0 saturated carbocycles. The van der Waals surface area contributed by atoms with E-state index in [2.05, 4.69) is 0 Å². The molecule has 112 valence electrons. The average Bonchev–Trinajstić information content (AvgIpc) is 2.91. The van der Waals surface area contributed by atoms with E-state index >= 15 is 0 Å². The predicted molar refractivity (Wildman–Crippen MR) is 75.8 cm³/mol. The van der Waals surface area contributed by atoms with Gasteiger partial charge in [0.15, 0.2) is 0 Å². The minimum Gasteiger partial charge on any atom is -0.481 e. The van der Waals surface area contributed by atoms with Crippen LogP contribution in [0.25, 0.3) is 0 Å². The Morgan fingerprint density at radius 3 is 2.76 bits per heavy atom. The molecule has 1 fully saturated rings. The van der Waals surface area contributed by atoms with Gasteiger partial charge in [-0.25, -0.2) is 0 Å². The first-order valence-electron chi connectivity index (χ1n) is 7.27. The SMILES string of the molecule is CC1CC(C(=O)N2Cc3ccccc3C(C(=O)O)C2)CO1. The second kappa shape index (κ2) is 5.48. The molecule has 0 bridgehead atoms. The topological polar surface area (TPSA) is 66.8 Å². The summed E-state index contributed by atoms with van der Waals surface area (Å²) in [6.45, 7) is 3.13. The van der Waals surface area contributed by atoms with Gasteiger partial charge in [0.2, 0.25) is 5.91 Å². The quantitative estimate of drug-likeness (QED) is 0.898.